The monoisotopic (exact) mass is 293 g/mol. The number of halogens is 1. The summed E-state index contributed by atoms with van der Waals surface area (Å²) in [5.41, 5.74) is 3.39. The number of anilines is 2. The quantitative estimate of drug-likeness (QED) is 0.759. The van der Waals surface area contributed by atoms with E-state index in [-0.39, 0.29) is 6.03 Å². The summed E-state index contributed by atoms with van der Waals surface area (Å²) < 4.78 is 0. The van der Waals surface area contributed by atoms with Gasteiger partial charge in [0.1, 0.15) is 5.15 Å². The summed E-state index contributed by atoms with van der Waals surface area (Å²) in [5, 5.41) is 12.7. The highest BCUT2D eigenvalue weighted by atomic mass is 35.5. The third-order valence-electron chi connectivity index (χ3n) is 3.01. The first-order valence-electron chi connectivity index (χ1n) is 6.25. The van der Waals surface area contributed by atoms with E-state index in [1.807, 2.05) is 20.8 Å². The van der Waals surface area contributed by atoms with Gasteiger partial charge in [-0.15, -0.1) is 0 Å². The van der Waals surface area contributed by atoms with E-state index in [9.17, 15) is 4.79 Å². The molecule has 0 fully saturated rings. The largest absolute Gasteiger partial charge is 0.324 e. The molecule has 0 aliphatic carbocycles. The van der Waals surface area contributed by atoms with E-state index in [2.05, 4.69) is 25.8 Å². The molecule has 0 atom stereocenters. The standard InChI is InChI=1S/C13H16ClN5O/c1-4-9-8(3)12(19-18-9)17-13(20)16-10-5-11(14)15-6-7(10)2/h5-6H,4H2,1-3H3,(H3,15,16,17,18,19,20). The lowest BCUT2D eigenvalue weighted by Gasteiger charge is -2.09. The van der Waals surface area contributed by atoms with Gasteiger partial charge >= 0.3 is 6.03 Å². The number of aryl methyl sites for hydroxylation is 2. The van der Waals surface area contributed by atoms with Gasteiger partial charge in [-0.1, -0.05) is 18.5 Å². The minimum atomic E-state index is -0.368. The lowest BCUT2D eigenvalue weighted by atomic mass is 10.2. The molecule has 2 amide bonds. The van der Waals surface area contributed by atoms with Crippen molar-refractivity contribution >= 4 is 29.1 Å². The summed E-state index contributed by atoms with van der Waals surface area (Å²) in [7, 11) is 0. The molecule has 0 bridgehead atoms. The summed E-state index contributed by atoms with van der Waals surface area (Å²) >= 11 is 5.81. The zero-order chi connectivity index (χ0) is 14.7. The van der Waals surface area contributed by atoms with Crippen molar-refractivity contribution in [3.05, 3.63) is 34.2 Å². The van der Waals surface area contributed by atoms with Crippen molar-refractivity contribution in [3.8, 4) is 0 Å². The highest BCUT2D eigenvalue weighted by Gasteiger charge is 2.11. The summed E-state index contributed by atoms with van der Waals surface area (Å²) in [6.07, 6.45) is 2.44. The average molecular weight is 294 g/mol. The summed E-state index contributed by atoms with van der Waals surface area (Å²) in [6, 6.07) is 1.23. The minimum absolute atomic E-state index is 0.329. The number of aromatic amines is 1. The van der Waals surface area contributed by atoms with Crippen molar-refractivity contribution in [3.63, 3.8) is 0 Å². The molecule has 0 unspecified atom stereocenters. The number of H-pyrrole nitrogens is 1. The number of pyridine rings is 1. The molecule has 0 saturated carbocycles. The van der Waals surface area contributed by atoms with Gasteiger partial charge < -0.3 is 5.32 Å². The Balaban J connectivity index is 2.09. The molecule has 106 valence electrons. The number of rotatable bonds is 3. The number of urea groups is 1. The van der Waals surface area contributed by atoms with Gasteiger partial charge in [0.2, 0.25) is 0 Å². The molecular formula is C13H16ClN5O. The number of carbonyl (C=O) groups is 1. The van der Waals surface area contributed by atoms with Gasteiger partial charge in [0.05, 0.1) is 0 Å². The summed E-state index contributed by atoms with van der Waals surface area (Å²) in [4.78, 5) is 15.9. The molecule has 2 aromatic rings. The van der Waals surface area contributed by atoms with Crippen LogP contribution in [0.15, 0.2) is 12.3 Å². The van der Waals surface area contributed by atoms with Crippen molar-refractivity contribution in [1.29, 1.82) is 0 Å². The molecule has 20 heavy (non-hydrogen) atoms. The van der Waals surface area contributed by atoms with Crippen molar-refractivity contribution in [2.75, 3.05) is 10.6 Å². The van der Waals surface area contributed by atoms with Crippen LogP contribution in [0.4, 0.5) is 16.3 Å². The zero-order valence-electron chi connectivity index (χ0n) is 11.5. The fourth-order valence-electron chi connectivity index (χ4n) is 1.79. The van der Waals surface area contributed by atoms with Crippen LogP contribution in [-0.4, -0.2) is 21.2 Å². The number of hydrogen-bond donors (Lipinski definition) is 3. The van der Waals surface area contributed by atoms with Crippen molar-refractivity contribution in [1.82, 2.24) is 15.2 Å². The molecule has 0 spiro atoms. The van der Waals surface area contributed by atoms with Crippen LogP contribution in [0.25, 0.3) is 0 Å². The van der Waals surface area contributed by atoms with Gasteiger partial charge in [-0.05, 0) is 31.9 Å². The van der Waals surface area contributed by atoms with E-state index in [1.165, 1.54) is 0 Å². The first kappa shape index (κ1) is 14.3. The second kappa shape index (κ2) is 5.92. The maximum atomic E-state index is 12.0. The smallest absolute Gasteiger partial charge is 0.307 e. The van der Waals surface area contributed by atoms with E-state index in [4.69, 9.17) is 11.6 Å². The Labute approximate surface area is 121 Å². The average Bonchev–Trinajstić information content (AvgIpc) is 2.75. The number of carbonyl (C=O) groups excluding carboxylic acids is 1. The molecule has 0 saturated heterocycles. The highest BCUT2D eigenvalue weighted by Crippen LogP contribution is 2.19. The van der Waals surface area contributed by atoms with Crippen molar-refractivity contribution in [2.45, 2.75) is 27.2 Å². The maximum absolute atomic E-state index is 12.0. The van der Waals surface area contributed by atoms with E-state index in [0.29, 0.717) is 16.7 Å². The van der Waals surface area contributed by atoms with Crippen LogP contribution in [0.3, 0.4) is 0 Å². The van der Waals surface area contributed by atoms with E-state index >= 15 is 0 Å². The van der Waals surface area contributed by atoms with Crippen LogP contribution >= 0.6 is 11.6 Å². The second-order valence-electron chi connectivity index (χ2n) is 4.43. The first-order valence-corrected chi connectivity index (χ1v) is 6.63. The molecule has 7 heteroatoms. The maximum Gasteiger partial charge on any atom is 0.324 e. The first-order chi connectivity index (χ1) is 9.51. The third-order valence-corrected chi connectivity index (χ3v) is 3.22. The Morgan fingerprint density at radius 2 is 2.15 bits per heavy atom. The predicted octanol–water partition coefficient (Wildman–Crippen LogP) is 3.28. The number of nitrogens with zero attached hydrogens (tertiary/aromatic N) is 2. The number of hydrogen-bond acceptors (Lipinski definition) is 3. The van der Waals surface area contributed by atoms with Gasteiger partial charge in [-0.2, -0.15) is 5.10 Å². The van der Waals surface area contributed by atoms with Crippen LogP contribution in [0.1, 0.15) is 23.7 Å². The van der Waals surface area contributed by atoms with Gasteiger partial charge in [0.25, 0.3) is 0 Å². The second-order valence-corrected chi connectivity index (χ2v) is 4.82. The summed E-state index contributed by atoms with van der Waals surface area (Å²) in [5.74, 6) is 0.525. The van der Waals surface area contributed by atoms with Crippen LogP contribution < -0.4 is 10.6 Å². The van der Waals surface area contributed by atoms with Crippen LogP contribution in [0.5, 0.6) is 0 Å². The third kappa shape index (κ3) is 3.08. The molecule has 2 rings (SSSR count). The Kier molecular flexibility index (Phi) is 4.24. The lowest BCUT2D eigenvalue weighted by Crippen LogP contribution is -2.20. The predicted molar refractivity (Wildman–Crippen MR) is 79.3 cm³/mol. The topological polar surface area (TPSA) is 82.7 Å². The van der Waals surface area contributed by atoms with Gasteiger partial charge in [0.15, 0.2) is 5.82 Å². The molecule has 0 aromatic carbocycles. The Morgan fingerprint density at radius 3 is 2.80 bits per heavy atom. The van der Waals surface area contributed by atoms with Crippen LogP contribution in [-0.2, 0) is 6.42 Å². The molecular weight excluding hydrogens is 278 g/mol. The Morgan fingerprint density at radius 1 is 1.40 bits per heavy atom. The van der Waals surface area contributed by atoms with E-state index in [0.717, 1.165) is 23.2 Å². The van der Waals surface area contributed by atoms with Gasteiger partial charge in [-0.3, -0.25) is 10.4 Å². The number of amides is 2. The molecule has 0 aliphatic heterocycles. The molecule has 6 nitrogen and oxygen atoms in total. The molecule has 0 aliphatic rings. The Hall–Kier alpha value is -2.08. The lowest BCUT2D eigenvalue weighted by molar-refractivity contribution is 0.262. The molecule has 3 N–H and O–H groups in total. The molecule has 0 radical (unpaired) electrons. The van der Waals surface area contributed by atoms with E-state index in [1.54, 1.807) is 12.3 Å². The van der Waals surface area contributed by atoms with Crippen molar-refractivity contribution in [2.24, 2.45) is 0 Å². The molecule has 2 heterocycles. The van der Waals surface area contributed by atoms with Gasteiger partial charge in [0, 0.05) is 23.1 Å². The molecule has 2 aromatic heterocycles. The van der Waals surface area contributed by atoms with Crippen LogP contribution in [0.2, 0.25) is 5.15 Å². The number of aromatic nitrogens is 3. The summed E-state index contributed by atoms with van der Waals surface area (Å²) in [6.45, 7) is 5.77. The number of nitrogens with one attached hydrogen (secondary N) is 3. The zero-order valence-corrected chi connectivity index (χ0v) is 12.3. The fraction of sp³-hybridized carbons (Fsp3) is 0.308. The van der Waals surface area contributed by atoms with Gasteiger partial charge in [-0.25, -0.2) is 9.78 Å². The minimum Gasteiger partial charge on any atom is -0.307 e. The SMILES string of the molecule is CCc1[nH]nc(NC(=O)Nc2cc(Cl)ncc2C)c1C. The van der Waals surface area contributed by atoms with Crippen molar-refractivity contribution < 1.29 is 4.79 Å². The highest BCUT2D eigenvalue weighted by molar-refractivity contribution is 6.29. The van der Waals surface area contributed by atoms with Crippen LogP contribution in [0, 0.1) is 13.8 Å². The fourth-order valence-corrected chi connectivity index (χ4v) is 1.95. The van der Waals surface area contributed by atoms with E-state index < -0.39 is 0 Å². The Bertz CT molecular complexity index is 638. The normalized spacial score (nSPS) is 10.4.